The van der Waals surface area contributed by atoms with Crippen LogP contribution in [0.5, 0.6) is 0 Å². The molecule has 0 aromatic carbocycles. The fourth-order valence-corrected chi connectivity index (χ4v) is 7.38. The molecule has 0 aromatic rings. The summed E-state index contributed by atoms with van der Waals surface area (Å²) in [6.07, 6.45) is 25.9. The predicted octanol–water partition coefficient (Wildman–Crippen LogP) is 11.9. The summed E-state index contributed by atoms with van der Waals surface area (Å²) in [7, 11) is 3.88. The van der Waals surface area contributed by atoms with Gasteiger partial charge in [-0.25, -0.2) is 0 Å². The molecular weight excluding hydrogens is 677 g/mol. The van der Waals surface area contributed by atoms with E-state index in [-0.39, 0.29) is 24.0 Å². The van der Waals surface area contributed by atoms with Crippen LogP contribution in [0.15, 0.2) is 12.4 Å². The summed E-state index contributed by atoms with van der Waals surface area (Å²) in [6, 6.07) is 0. The van der Waals surface area contributed by atoms with Gasteiger partial charge in [-0.05, 0) is 99.7 Å². The number of nitrogens with zero attached hydrogens (tertiary/aromatic N) is 1. The molecule has 3 atom stereocenters. The quantitative estimate of drug-likeness (QED) is 0.0393. The smallest absolute Gasteiger partial charge is 0.306 e. The third-order valence-corrected chi connectivity index (χ3v) is 9.90. The first-order chi connectivity index (χ1) is 25.5. The lowest BCUT2D eigenvalue weighted by Crippen LogP contribution is -2.20. The molecule has 0 fully saturated rings. The molecule has 0 amide bonds. The molecule has 0 aromatic heterocycles. The van der Waals surface area contributed by atoms with Gasteiger partial charge in [-0.2, -0.15) is 0 Å². The molecule has 318 valence electrons. The van der Waals surface area contributed by atoms with Crippen molar-refractivity contribution in [2.45, 2.75) is 209 Å². The van der Waals surface area contributed by atoms with Crippen molar-refractivity contribution in [2.75, 3.05) is 33.9 Å². The minimum absolute atomic E-state index is 0.0217. The van der Waals surface area contributed by atoms with Gasteiger partial charge in [0.1, 0.15) is 6.10 Å². The van der Waals surface area contributed by atoms with Crippen LogP contribution in [0.3, 0.4) is 0 Å². The normalized spacial score (nSPS) is 13.7. The van der Waals surface area contributed by atoms with Crippen LogP contribution in [-0.4, -0.2) is 62.8 Å². The zero-order valence-corrected chi connectivity index (χ0v) is 37.2. The van der Waals surface area contributed by atoms with Gasteiger partial charge in [0.15, 0.2) is 0 Å². The minimum atomic E-state index is -0.0900. The molecule has 1 N–H and O–H groups in total. The summed E-state index contributed by atoms with van der Waals surface area (Å²) in [5, 5.41) is 2.99. The average molecular weight is 765 g/mol. The van der Waals surface area contributed by atoms with Crippen LogP contribution in [0.25, 0.3) is 0 Å². The number of nitrogens with one attached hydrogen (secondary N) is 1. The fraction of sp³-hybridized carbons (Fsp3) is 0.891. The van der Waals surface area contributed by atoms with Crippen molar-refractivity contribution >= 4 is 17.9 Å². The van der Waals surface area contributed by atoms with Crippen molar-refractivity contribution in [3.63, 3.8) is 0 Å². The van der Waals surface area contributed by atoms with Gasteiger partial charge in [0.25, 0.3) is 0 Å². The van der Waals surface area contributed by atoms with E-state index in [2.05, 4.69) is 65.6 Å². The number of rotatable bonds is 34. The second kappa shape index (κ2) is 31.9. The van der Waals surface area contributed by atoms with Crippen molar-refractivity contribution in [1.82, 2.24) is 10.2 Å². The maximum absolute atomic E-state index is 12.7. The molecule has 3 unspecified atom stereocenters. The van der Waals surface area contributed by atoms with E-state index in [1.807, 2.05) is 26.5 Å². The van der Waals surface area contributed by atoms with Crippen LogP contribution in [0.1, 0.15) is 203 Å². The number of hydrogen-bond donors (Lipinski definition) is 1. The molecule has 0 saturated carbocycles. The Kier molecular flexibility index (Phi) is 30.6. The maximum Gasteiger partial charge on any atom is 0.306 e. The van der Waals surface area contributed by atoms with E-state index in [1.165, 1.54) is 6.42 Å². The van der Waals surface area contributed by atoms with Gasteiger partial charge in [0, 0.05) is 52.3 Å². The largest absolute Gasteiger partial charge is 0.466 e. The molecule has 0 bridgehead atoms. The van der Waals surface area contributed by atoms with E-state index in [4.69, 9.17) is 14.2 Å². The van der Waals surface area contributed by atoms with Crippen LogP contribution in [0.4, 0.5) is 0 Å². The Morgan fingerprint density at radius 2 is 1.02 bits per heavy atom. The number of esters is 3. The molecule has 0 heterocycles. The molecule has 0 aliphatic heterocycles. The SMILES string of the molecule is CN/C=C\N(C)CCCC(=O)OC(CCCCCCCCC(=O)OCCCC(C)CC(C)(C)C)CCCCCCCCC(=O)OCCC(C)CC(C)(C)C. The lowest BCUT2D eigenvalue weighted by Gasteiger charge is -2.23. The van der Waals surface area contributed by atoms with Crippen molar-refractivity contribution in [3.8, 4) is 0 Å². The Morgan fingerprint density at radius 3 is 1.52 bits per heavy atom. The highest BCUT2D eigenvalue weighted by Crippen LogP contribution is 2.27. The lowest BCUT2D eigenvalue weighted by molar-refractivity contribution is -0.150. The first-order valence-corrected chi connectivity index (χ1v) is 22.1. The molecule has 0 saturated heterocycles. The molecule has 8 heteroatoms. The second-order valence-electron chi connectivity index (χ2n) is 18.7. The van der Waals surface area contributed by atoms with Crippen molar-refractivity contribution in [1.29, 1.82) is 0 Å². The molecule has 0 aliphatic carbocycles. The highest BCUT2D eigenvalue weighted by molar-refractivity contribution is 5.70. The van der Waals surface area contributed by atoms with E-state index < -0.39 is 0 Å². The van der Waals surface area contributed by atoms with Crippen molar-refractivity contribution in [3.05, 3.63) is 12.4 Å². The van der Waals surface area contributed by atoms with Crippen LogP contribution < -0.4 is 5.32 Å². The number of ether oxygens (including phenoxy) is 3. The van der Waals surface area contributed by atoms with Crippen LogP contribution in [0.2, 0.25) is 0 Å². The van der Waals surface area contributed by atoms with E-state index >= 15 is 0 Å². The summed E-state index contributed by atoms with van der Waals surface area (Å²) in [6.45, 7) is 20.0. The van der Waals surface area contributed by atoms with Crippen LogP contribution >= 0.6 is 0 Å². The highest BCUT2D eigenvalue weighted by Gasteiger charge is 2.17. The number of unbranched alkanes of at least 4 members (excludes halogenated alkanes) is 10. The van der Waals surface area contributed by atoms with Crippen LogP contribution in [-0.2, 0) is 28.6 Å². The Hall–Kier alpha value is -2.25. The second-order valence-corrected chi connectivity index (χ2v) is 18.7. The monoisotopic (exact) mass is 765 g/mol. The zero-order chi connectivity index (χ0) is 40.7. The van der Waals surface area contributed by atoms with Crippen molar-refractivity contribution < 1.29 is 28.6 Å². The fourth-order valence-electron chi connectivity index (χ4n) is 7.38. The Labute approximate surface area is 334 Å². The third-order valence-electron chi connectivity index (χ3n) is 9.90. The lowest BCUT2D eigenvalue weighted by atomic mass is 9.84. The first kappa shape index (κ1) is 51.8. The molecular formula is C46H88N2O6. The van der Waals surface area contributed by atoms with Gasteiger partial charge in [0.2, 0.25) is 0 Å². The first-order valence-electron chi connectivity index (χ1n) is 22.1. The topological polar surface area (TPSA) is 94.2 Å². The molecule has 0 aliphatic rings. The number of hydrogen-bond acceptors (Lipinski definition) is 8. The summed E-state index contributed by atoms with van der Waals surface area (Å²) >= 11 is 0. The number of carbonyl (C=O) groups is 3. The van der Waals surface area contributed by atoms with Gasteiger partial charge in [-0.1, -0.05) is 107 Å². The molecule has 8 nitrogen and oxygen atoms in total. The molecule has 0 radical (unpaired) electrons. The Morgan fingerprint density at radius 1 is 0.574 bits per heavy atom. The molecule has 0 rings (SSSR count). The van der Waals surface area contributed by atoms with E-state index in [0.29, 0.717) is 55.1 Å². The third kappa shape index (κ3) is 36.7. The van der Waals surface area contributed by atoms with Gasteiger partial charge < -0.3 is 24.4 Å². The summed E-state index contributed by atoms with van der Waals surface area (Å²) in [5.74, 6) is 1.00. The van der Waals surface area contributed by atoms with Gasteiger partial charge in [0.05, 0.1) is 13.2 Å². The number of carbonyl (C=O) groups excluding carboxylic acids is 3. The zero-order valence-electron chi connectivity index (χ0n) is 37.2. The van der Waals surface area contributed by atoms with E-state index in [9.17, 15) is 14.4 Å². The Balaban J connectivity index is 4.30. The average Bonchev–Trinajstić information content (AvgIpc) is 3.06. The summed E-state index contributed by atoms with van der Waals surface area (Å²) < 4.78 is 17.0. The van der Waals surface area contributed by atoms with E-state index in [0.717, 1.165) is 129 Å². The highest BCUT2D eigenvalue weighted by atomic mass is 16.5. The van der Waals surface area contributed by atoms with Gasteiger partial charge in [-0.3, -0.25) is 14.4 Å². The maximum atomic E-state index is 12.7. The molecule has 0 spiro atoms. The standard InChI is InChI=1S/C46H88N2O6/c1-39(37-45(3,4)5)25-24-35-52-42(49)28-21-17-13-11-15-19-26-41(54-44(51)30-23-33-48(10)34-32-47-9)27-20-16-12-14-18-22-29-43(50)53-36-31-40(2)38-46(6,7)8/h32,34,39-41,47H,11-31,33,35-38H2,1-10H3/b34-32-. The Bertz CT molecular complexity index is 969. The van der Waals surface area contributed by atoms with E-state index in [1.54, 1.807) is 0 Å². The molecule has 54 heavy (non-hydrogen) atoms. The predicted molar refractivity (Wildman–Crippen MR) is 226 cm³/mol. The minimum Gasteiger partial charge on any atom is -0.466 e. The van der Waals surface area contributed by atoms with Gasteiger partial charge in [-0.15, -0.1) is 0 Å². The summed E-state index contributed by atoms with van der Waals surface area (Å²) in [4.78, 5) is 39.1. The summed E-state index contributed by atoms with van der Waals surface area (Å²) in [5.41, 5.74) is 0.654. The van der Waals surface area contributed by atoms with Crippen LogP contribution in [0, 0.1) is 22.7 Å². The van der Waals surface area contributed by atoms with Crippen molar-refractivity contribution in [2.24, 2.45) is 22.7 Å². The van der Waals surface area contributed by atoms with Gasteiger partial charge >= 0.3 is 17.9 Å².